The first-order valence-corrected chi connectivity index (χ1v) is 10.1. The van der Waals surface area contributed by atoms with Crippen molar-refractivity contribution in [2.24, 2.45) is 0 Å². The lowest BCUT2D eigenvalue weighted by Gasteiger charge is -2.35. The molecule has 3 aromatic rings. The predicted octanol–water partition coefficient (Wildman–Crippen LogP) is 3.09. The molecule has 2 aromatic carbocycles. The summed E-state index contributed by atoms with van der Waals surface area (Å²) >= 11 is 0. The zero-order chi connectivity index (χ0) is 21.8. The first-order valence-electron chi connectivity index (χ1n) is 10.1. The molecule has 7 nitrogen and oxygen atoms in total. The minimum Gasteiger partial charge on any atom is -0.497 e. The molecule has 0 N–H and O–H groups in total. The fourth-order valence-electron chi connectivity index (χ4n) is 3.75. The van der Waals surface area contributed by atoms with Gasteiger partial charge in [0.25, 0.3) is 11.8 Å². The summed E-state index contributed by atoms with van der Waals surface area (Å²) in [6.45, 7) is 1.90. The SMILES string of the molecule is COc1ccc(C(=O)N2CCN(C(=O)c3cccc(-n4cccc4)c3)CC2)c(OC)c1. The highest BCUT2D eigenvalue weighted by molar-refractivity contribution is 5.98. The van der Waals surface area contributed by atoms with Crippen molar-refractivity contribution in [1.29, 1.82) is 0 Å². The van der Waals surface area contributed by atoms with Gasteiger partial charge in [0.15, 0.2) is 0 Å². The van der Waals surface area contributed by atoms with Crippen LogP contribution in [0.3, 0.4) is 0 Å². The van der Waals surface area contributed by atoms with Gasteiger partial charge in [0.2, 0.25) is 0 Å². The number of rotatable bonds is 5. The molecule has 7 heteroatoms. The molecule has 0 unspecified atom stereocenters. The average Bonchev–Trinajstić information content (AvgIpc) is 3.38. The zero-order valence-electron chi connectivity index (χ0n) is 17.7. The predicted molar refractivity (Wildman–Crippen MR) is 117 cm³/mol. The van der Waals surface area contributed by atoms with E-state index in [2.05, 4.69) is 0 Å². The number of ether oxygens (including phenoxy) is 2. The van der Waals surface area contributed by atoms with Gasteiger partial charge >= 0.3 is 0 Å². The van der Waals surface area contributed by atoms with E-state index in [0.29, 0.717) is 48.8 Å². The lowest BCUT2D eigenvalue weighted by molar-refractivity contribution is 0.0533. The smallest absolute Gasteiger partial charge is 0.257 e. The average molecular weight is 419 g/mol. The fourth-order valence-corrected chi connectivity index (χ4v) is 3.75. The van der Waals surface area contributed by atoms with Crippen LogP contribution in [-0.2, 0) is 0 Å². The molecule has 1 aliphatic rings. The summed E-state index contributed by atoms with van der Waals surface area (Å²) in [5.74, 6) is 0.972. The van der Waals surface area contributed by atoms with Crippen molar-refractivity contribution in [3.05, 3.63) is 78.1 Å². The molecule has 2 amide bonds. The summed E-state index contributed by atoms with van der Waals surface area (Å²) in [7, 11) is 3.10. The van der Waals surface area contributed by atoms with E-state index >= 15 is 0 Å². The Kier molecular flexibility index (Phi) is 5.93. The van der Waals surface area contributed by atoms with E-state index in [0.717, 1.165) is 5.69 Å². The number of piperazine rings is 1. The van der Waals surface area contributed by atoms with Crippen LogP contribution in [0.2, 0.25) is 0 Å². The summed E-state index contributed by atoms with van der Waals surface area (Å²) < 4.78 is 12.5. The second-order valence-corrected chi connectivity index (χ2v) is 7.29. The number of benzene rings is 2. The summed E-state index contributed by atoms with van der Waals surface area (Å²) in [5.41, 5.74) is 2.07. The van der Waals surface area contributed by atoms with Gasteiger partial charge in [0, 0.05) is 55.9 Å². The monoisotopic (exact) mass is 419 g/mol. The molecule has 1 aliphatic heterocycles. The molecule has 1 aromatic heterocycles. The largest absolute Gasteiger partial charge is 0.497 e. The topological polar surface area (TPSA) is 64.0 Å². The number of aromatic nitrogens is 1. The van der Waals surface area contributed by atoms with Crippen LogP contribution in [0.5, 0.6) is 11.5 Å². The normalized spacial score (nSPS) is 13.7. The molecular formula is C24H25N3O4. The number of hydrogen-bond donors (Lipinski definition) is 0. The second kappa shape index (κ2) is 8.95. The minimum absolute atomic E-state index is 0.0249. The van der Waals surface area contributed by atoms with Crippen molar-refractivity contribution in [3.63, 3.8) is 0 Å². The third kappa shape index (κ3) is 4.26. The summed E-state index contributed by atoms with van der Waals surface area (Å²) in [6, 6.07) is 16.6. The van der Waals surface area contributed by atoms with E-state index in [4.69, 9.17) is 9.47 Å². The van der Waals surface area contributed by atoms with E-state index in [-0.39, 0.29) is 11.8 Å². The standard InChI is InChI=1S/C24H25N3O4/c1-30-20-8-9-21(22(17-20)31-2)24(29)27-14-12-26(13-15-27)23(28)18-6-5-7-19(16-18)25-10-3-4-11-25/h3-11,16-17H,12-15H2,1-2H3. The van der Waals surface area contributed by atoms with E-state index in [1.165, 1.54) is 7.11 Å². The van der Waals surface area contributed by atoms with E-state index < -0.39 is 0 Å². The molecule has 1 saturated heterocycles. The molecule has 31 heavy (non-hydrogen) atoms. The maximum Gasteiger partial charge on any atom is 0.257 e. The van der Waals surface area contributed by atoms with Gasteiger partial charge < -0.3 is 23.8 Å². The second-order valence-electron chi connectivity index (χ2n) is 7.29. The fraction of sp³-hybridized carbons (Fsp3) is 0.250. The molecule has 0 saturated carbocycles. The Morgan fingerprint density at radius 2 is 1.45 bits per heavy atom. The maximum atomic E-state index is 13.0. The summed E-state index contributed by atoms with van der Waals surface area (Å²) in [5, 5.41) is 0. The van der Waals surface area contributed by atoms with Crippen molar-refractivity contribution >= 4 is 11.8 Å². The lowest BCUT2D eigenvalue weighted by atomic mass is 10.1. The molecule has 0 spiro atoms. The lowest BCUT2D eigenvalue weighted by Crippen LogP contribution is -2.50. The van der Waals surface area contributed by atoms with Gasteiger partial charge in [-0.3, -0.25) is 9.59 Å². The van der Waals surface area contributed by atoms with Crippen molar-refractivity contribution < 1.29 is 19.1 Å². The van der Waals surface area contributed by atoms with Crippen LogP contribution in [0.25, 0.3) is 5.69 Å². The number of amides is 2. The number of carbonyl (C=O) groups excluding carboxylic acids is 2. The molecule has 2 heterocycles. The first-order chi connectivity index (χ1) is 15.1. The molecule has 1 fully saturated rings. The quantitative estimate of drug-likeness (QED) is 0.638. The molecule has 160 valence electrons. The molecule has 0 radical (unpaired) electrons. The van der Waals surface area contributed by atoms with Crippen LogP contribution >= 0.6 is 0 Å². The number of hydrogen-bond acceptors (Lipinski definition) is 4. The highest BCUT2D eigenvalue weighted by atomic mass is 16.5. The Labute approximate surface area is 181 Å². The van der Waals surface area contributed by atoms with Crippen LogP contribution < -0.4 is 9.47 Å². The summed E-state index contributed by atoms with van der Waals surface area (Å²) in [4.78, 5) is 29.6. The minimum atomic E-state index is -0.110. The van der Waals surface area contributed by atoms with Gasteiger partial charge in [-0.25, -0.2) is 0 Å². The number of nitrogens with zero attached hydrogens (tertiary/aromatic N) is 3. The van der Waals surface area contributed by atoms with Gasteiger partial charge in [-0.1, -0.05) is 6.07 Å². The maximum absolute atomic E-state index is 13.0. The van der Waals surface area contributed by atoms with Crippen LogP contribution in [0, 0.1) is 0 Å². The molecule has 0 atom stereocenters. The van der Waals surface area contributed by atoms with Gasteiger partial charge in [-0.05, 0) is 42.5 Å². The third-order valence-corrected chi connectivity index (χ3v) is 5.49. The third-order valence-electron chi connectivity index (χ3n) is 5.49. The van der Waals surface area contributed by atoms with Gasteiger partial charge in [0.05, 0.1) is 19.8 Å². The van der Waals surface area contributed by atoms with Gasteiger partial charge in [0.1, 0.15) is 11.5 Å². The van der Waals surface area contributed by atoms with E-state index in [1.807, 2.05) is 53.4 Å². The Morgan fingerprint density at radius 3 is 2.10 bits per heavy atom. The van der Waals surface area contributed by atoms with Crippen LogP contribution in [0.4, 0.5) is 0 Å². The Hall–Kier alpha value is -3.74. The van der Waals surface area contributed by atoms with Gasteiger partial charge in [-0.2, -0.15) is 0 Å². The van der Waals surface area contributed by atoms with Crippen molar-refractivity contribution in [3.8, 4) is 17.2 Å². The Bertz CT molecular complexity index is 1070. The van der Waals surface area contributed by atoms with Crippen molar-refractivity contribution in [1.82, 2.24) is 14.4 Å². The Balaban J connectivity index is 1.42. The van der Waals surface area contributed by atoms with Crippen LogP contribution in [-0.4, -0.2) is 66.6 Å². The van der Waals surface area contributed by atoms with Crippen LogP contribution in [0.15, 0.2) is 67.0 Å². The highest BCUT2D eigenvalue weighted by Gasteiger charge is 2.27. The van der Waals surface area contributed by atoms with Gasteiger partial charge in [-0.15, -0.1) is 0 Å². The number of carbonyl (C=O) groups is 2. The van der Waals surface area contributed by atoms with E-state index in [9.17, 15) is 9.59 Å². The summed E-state index contributed by atoms with van der Waals surface area (Å²) in [6.07, 6.45) is 3.89. The van der Waals surface area contributed by atoms with Crippen molar-refractivity contribution in [2.45, 2.75) is 0 Å². The zero-order valence-corrected chi connectivity index (χ0v) is 17.7. The molecule has 0 aliphatic carbocycles. The van der Waals surface area contributed by atoms with E-state index in [1.54, 1.807) is 35.1 Å². The van der Waals surface area contributed by atoms with Crippen LogP contribution in [0.1, 0.15) is 20.7 Å². The molecule has 4 rings (SSSR count). The highest BCUT2D eigenvalue weighted by Crippen LogP contribution is 2.26. The molecule has 0 bridgehead atoms. The molecular weight excluding hydrogens is 394 g/mol. The number of methoxy groups -OCH3 is 2. The first kappa shape index (κ1) is 20.5. The van der Waals surface area contributed by atoms with Crippen molar-refractivity contribution in [2.75, 3.05) is 40.4 Å². The Morgan fingerprint density at radius 1 is 0.774 bits per heavy atom.